The number of halogens is 1. The minimum atomic E-state index is 0.496. The molecule has 2 aliphatic heterocycles. The van der Waals surface area contributed by atoms with Crippen molar-refractivity contribution in [2.45, 2.75) is 31.7 Å². The second-order valence-corrected chi connectivity index (χ2v) is 5.47. The second kappa shape index (κ2) is 7.94. The lowest BCUT2D eigenvalue weighted by atomic mass is 10.0. The van der Waals surface area contributed by atoms with Gasteiger partial charge in [0.2, 0.25) is 0 Å². The van der Waals surface area contributed by atoms with Crippen molar-refractivity contribution in [3.8, 4) is 6.07 Å². The first kappa shape index (κ1) is 15.7. The van der Waals surface area contributed by atoms with E-state index in [2.05, 4.69) is 20.9 Å². The van der Waals surface area contributed by atoms with E-state index in [0.717, 1.165) is 24.8 Å². The fourth-order valence-corrected chi connectivity index (χ4v) is 3.24. The van der Waals surface area contributed by atoms with Gasteiger partial charge in [-0.1, -0.05) is 0 Å². The van der Waals surface area contributed by atoms with Gasteiger partial charge in [-0.15, -0.1) is 0 Å². The van der Waals surface area contributed by atoms with Gasteiger partial charge < -0.3 is 9.80 Å². The molecular weight excluding hydrogens is 267 g/mol. The van der Waals surface area contributed by atoms with Gasteiger partial charge in [0.15, 0.2) is 0 Å². The second-order valence-electron chi connectivity index (χ2n) is 5.47. The molecule has 4 nitrogen and oxygen atoms in total. The van der Waals surface area contributed by atoms with Crippen LogP contribution in [0.15, 0.2) is 18.3 Å². The smallest absolute Gasteiger partial charge is 0.140 e. The molecule has 0 N–H and O–H groups in total. The Kier molecular flexibility index (Phi) is 5.94. The zero-order chi connectivity index (χ0) is 15.1. The quantitative estimate of drug-likeness (QED) is 0.839. The van der Waals surface area contributed by atoms with E-state index in [1.807, 2.05) is 18.3 Å². The molecule has 0 amide bonds. The third kappa shape index (κ3) is 3.92. The number of likely N-dealkylation sites (tertiary alicyclic amines) is 1. The van der Waals surface area contributed by atoms with E-state index in [4.69, 9.17) is 5.26 Å². The number of anilines is 1. The fraction of sp³-hybridized carbons (Fsp3) is 0.625. The first-order chi connectivity index (χ1) is 10.4. The predicted octanol–water partition coefficient (Wildman–Crippen LogP) is 2.60. The summed E-state index contributed by atoms with van der Waals surface area (Å²) in [7, 11) is 0.500. The van der Waals surface area contributed by atoms with Crippen LogP contribution in [0.5, 0.6) is 0 Å². The minimum absolute atomic E-state index is 0.496. The highest BCUT2D eigenvalue weighted by molar-refractivity contribution is 5.46. The molecule has 5 heteroatoms. The van der Waals surface area contributed by atoms with Crippen molar-refractivity contribution in [2.75, 3.05) is 38.3 Å². The van der Waals surface area contributed by atoms with E-state index in [-0.39, 0.29) is 0 Å². The lowest BCUT2D eigenvalue weighted by Gasteiger charge is -2.37. The van der Waals surface area contributed by atoms with E-state index in [0.29, 0.717) is 12.9 Å². The number of hydrogen-bond acceptors (Lipinski definition) is 4. The van der Waals surface area contributed by atoms with Crippen molar-refractivity contribution in [2.24, 2.45) is 0 Å². The highest BCUT2D eigenvalue weighted by Crippen LogP contribution is 2.24. The number of aromatic nitrogens is 1. The van der Waals surface area contributed by atoms with E-state index < -0.39 is 0 Å². The number of nitrogens with zero attached hydrogens (tertiary/aromatic N) is 4. The molecular formula is C16H23FN4. The summed E-state index contributed by atoms with van der Waals surface area (Å²) < 4.78 is 9.50. The van der Waals surface area contributed by atoms with Gasteiger partial charge in [-0.2, -0.15) is 5.26 Å². The Labute approximate surface area is 126 Å². The molecule has 1 aromatic rings. The molecule has 0 aromatic carbocycles. The van der Waals surface area contributed by atoms with E-state index in [1.165, 1.54) is 38.8 Å². The molecule has 3 heterocycles. The first-order valence-electron chi connectivity index (χ1n) is 7.60. The van der Waals surface area contributed by atoms with Crippen LogP contribution in [0.2, 0.25) is 0 Å². The Hall–Kier alpha value is -1.67. The Balaban J connectivity index is 0.000000774. The number of rotatable bonds is 2. The third-order valence-electron chi connectivity index (χ3n) is 4.35. The molecule has 0 atom stereocenters. The van der Waals surface area contributed by atoms with E-state index >= 15 is 0 Å². The number of hydrogen-bond donors (Lipinski definition) is 0. The summed E-state index contributed by atoms with van der Waals surface area (Å²) in [5, 5.41) is 8.76. The Morgan fingerprint density at radius 3 is 2.33 bits per heavy atom. The van der Waals surface area contributed by atoms with Crippen LogP contribution in [0.4, 0.5) is 10.1 Å². The lowest BCUT2D eigenvalue weighted by Crippen LogP contribution is -2.43. The summed E-state index contributed by atoms with van der Waals surface area (Å²) in [6.07, 6.45) is 7.08. The van der Waals surface area contributed by atoms with Gasteiger partial charge in [-0.05, 0) is 50.9 Å². The van der Waals surface area contributed by atoms with Gasteiger partial charge >= 0.3 is 0 Å². The number of piperidine rings is 1. The number of nitriles is 1. The van der Waals surface area contributed by atoms with Gasteiger partial charge in [-0.3, -0.25) is 4.39 Å². The zero-order valence-electron chi connectivity index (χ0n) is 12.6. The van der Waals surface area contributed by atoms with Gasteiger partial charge in [0.25, 0.3) is 0 Å². The standard InChI is InChI=1S/C15H20N4.CH3F/c16-11-13-3-4-15(12-17-13)19-9-5-14(6-10-19)18-7-1-2-8-18;1-2/h3-4,12,14H,1-2,5-10H2;1H3. The highest BCUT2D eigenvalue weighted by atomic mass is 19.1. The van der Waals surface area contributed by atoms with Crippen LogP contribution in [0.1, 0.15) is 31.4 Å². The third-order valence-corrected chi connectivity index (χ3v) is 4.35. The summed E-state index contributed by atoms with van der Waals surface area (Å²) in [4.78, 5) is 9.21. The van der Waals surface area contributed by atoms with Crippen LogP contribution >= 0.6 is 0 Å². The average Bonchev–Trinajstić information content (AvgIpc) is 3.11. The van der Waals surface area contributed by atoms with Crippen LogP contribution in [0.3, 0.4) is 0 Å². The summed E-state index contributed by atoms with van der Waals surface area (Å²) in [5.41, 5.74) is 1.65. The van der Waals surface area contributed by atoms with Gasteiger partial charge in [-0.25, -0.2) is 4.98 Å². The van der Waals surface area contributed by atoms with Gasteiger partial charge in [0.05, 0.1) is 19.1 Å². The molecule has 0 bridgehead atoms. The minimum Gasteiger partial charge on any atom is -0.370 e. The molecule has 21 heavy (non-hydrogen) atoms. The van der Waals surface area contributed by atoms with Crippen molar-refractivity contribution in [1.82, 2.24) is 9.88 Å². The molecule has 3 rings (SSSR count). The zero-order valence-corrected chi connectivity index (χ0v) is 12.6. The number of pyridine rings is 1. The molecule has 0 radical (unpaired) electrons. The van der Waals surface area contributed by atoms with Crippen molar-refractivity contribution >= 4 is 5.69 Å². The molecule has 0 unspecified atom stereocenters. The lowest BCUT2D eigenvalue weighted by molar-refractivity contribution is 0.208. The predicted molar refractivity (Wildman–Crippen MR) is 82.0 cm³/mol. The van der Waals surface area contributed by atoms with Crippen molar-refractivity contribution in [3.63, 3.8) is 0 Å². The highest BCUT2D eigenvalue weighted by Gasteiger charge is 2.26. The SMILES string of the molecule is CF.N#Cc1ccc(N2CCC(N3CCCC3)CC2)cn1. The van der Waals surface area contributed by atoms with E-state index in [9.17, 15) is 4.39 Å². The molecule has 1 aromatic heterocycles. The Morgan fingerprint density at radius 1 is 1.14 bits per heavy atom. The largest absolute Gasteiger partial charge is 0.370 e. The molecule has 0 spiro atoms. The van der Waals surface area contributed by atoms with Crippen LogP contribution < -0.4 is 4.90 Å². The Morgan fingerprint density at radius 2 is 1.81 bits per heavy atom. The molecule has 0 saturated carbocycles. The Bertz CT molecular complexity index is 454. The summed E-state index contributed by atoms with van der Waals surface area (Å²) in [6.45, 7) is 4.80. The monoisotopic (exact) mass is 290 g/mol. The van der Waals surface area contributed by atoms with Gasteiger partial charge in [0.1, 0.15) is 11.8 Å². The van der Waals surface area contributed by atoms with Crippen molar-refractivity contribution in [1.29, 1.82) is 5.26 Å². The first-order valence-corrected chi connectivity index (χ1v) is 7.60. The summed E-state index contributed by atoms with van der Waals surface area (Å²) in [6, 6.07) is 6.67. The van der Waals surface area contributed by atoms with Crippen LogP contribution in [0, 0.1) is 11.3 Å². The van der Waals surface area contributed by atoms with Crippen LogP contribution in [-0.2, 0) is 0 Å². The molecule has 2 saturated heterocycles. The summed E-state index contributed by atoms with van der Waals surface area (Å²) >= 11 is 0. The van der Waals surface area contributed by atoms with Crippen molar-refractivity contribution < 1.29 is 4.39 Å². The number of alkyl halides is 1. The molecule has 0 aliphatic carbocycles. The molecule has 2 fully saturated rings. The van der Waals surface area contributed by atoms with Crippen LogP contribution in [0.25, 0.3) is 0 Å². The molecule has 114 valence electrons. The van der Waals surface area contributed by atoms with Crippen molar-refractivity contribution in [3.05, 3.63) is 24.0 Å². The molecule has 2 aliphatic rings. The maximum Gasteiger partial charge on any atom is 0.140 e. The normalized spacial score (nSPS) is 19.8. The van der Waals surface area contributed by atoms with E-state index in [1.54, 1.807) is 0 Å². The topological polar surface area (TPSA) is 43.2 Å². The summed E-state index contributed by atoms with van der Waals surface area (Å²) in [5.74, 6) is 0. The average molecular weight is 290 g/mol. The fourth-order valence-electron chi connectivity index (χ4n) is 3.24. The van der Waals surface area contributed by atoms with Crippen LogP contribution in [-0.4, -0.2) is 49.3 Å². The maximum atomic E-state index is 9.50. The maximum absolute atomic E-state index is 9.50. The van der Waals surface area contributed by atoms with Gasteiger partial charge in [0, 0.05) is 19.1 Å².